The van der Waals surface area contributed by atoms with Crippen LogP contribution in [0.3, 0.4) is 0 Å². The molecule has 32 heavy (non-hydrogen) atoms. The molecule has 1 aliphatic rings. The van der Waals surface area contributed by atoms with Gasteiger partial charge < -0.3 is 14.8 Å². The van der Waals surface area contributed by atoms with Crippen LogP contribution in [0.1, 0.15) is 39.0 Å². The Morgan fingerprint density at radius 2 is 2.06 bits per heavy atom. The zero-order valence-electron chi connectivity index (χ0n) is 19.0. The van der Waals surface area contributed by atoms with Crippen LogP contribution in [0.2, 0.25) is 0 Å². The van der Waals surface area contributed by atoms with Crippen LogP contribution >= 0.6 is 11.8 Å². The lowest BCUT2D eigenvalue weighted by molar-refractivity contribution is -0.120. The Morgan fingerprint density at radius 3 is 2.72 bits per heavy atom. The molecule has 1 aromatic carbocycles. The number of allylic oxidation sites excluding steroid dienone is 2. The number of hydrogen-bond donors (Lipinski definition) is 1. The van der Waals surface area contributed by atoms with Gasteiger partial charge in [-0.3, -0.25) is 14.2 Å². The van der Waals surface area contributed by atoms with Crippen molar-refractivity contribution >= 4 is 28.6 Å². The molecule has 2 aromatic rings. The normalized spacial score (nSPS) is 14.5. The van der Waals surface area contributed by atoms with E-state index < -0.39 is 5.25 Å². The molecule has 0 unspecified atom stereocenters. The first-order valence-corrected chi connectivity index (χ1v) is 11.8. The fourth-order valence-electron chi connectivity index (χ4n) is 3.73. The second-order valence-electron chi connectivity index (χ2n) is 7.73. The van der Waals surface area contributed by atoms with E-state index in [1.807, 2.05) is 6.92 Å². The van der Waals surface area contributed by atoms with Crippen molar-refractivity contribution in [2.75, 3.05) is 20.8 Å². The predicted molar refractivity (Wildman–Crippen MR) is 129 cm³/mol. The highest BCUT2D eigenvalue weighted by Gasteiger charge is 2.21. The first-order valence-electron chi connectivity index (χ1n) is 10.9. The fourth-order valence-corrected chi connectivity index (χ4v) is 4.69. The molecule has 172 valence electrons. The minimum Gasteiger partial charge on any atom is -0.493 e. The second-order valence-corrected chi connectivity index (χ2v) is 9.04. The number of fused-ring (bicyclic) bond motifs is 1. The van der Waals surface area contributed by atoms with Crippen LogP contribution in [0.15, 0.2) is 46.4 Å². The number of carbonyl (C=O) groups is 1. The third-order valence-corrected chi connectivity index (χ3v) is 6.63. The Bertz CT molecular complexity index is 1080. The zero-order valence-corrected chi connectivity index (χ0v) is 19.8. The van der Waals surface area contributed by atoms with Crippen LogP contribution in [0.5, 0.6) is 11.5 Å². The minimum absolute atomic E-state index is 0.127. The standard InChI is InChI=1S/C24H31N3O4S/c1-5-12-25-22(28)16(2)32-24-26-19-15-21(31-4)20(30-3)14-18(19)23(29)27(24)13-11-17-9-7-6-8-10-17/h5,9,14-16H,1,6-8,10-13H2,2-4H3,(H,25,28)/t16-/m1/s1. The van der Waals surface area contributed by atoms with E-state index in [-0.39, 0.29) is 11.5 Å². The van der Waals surface area contributed by atoms with Crippen molar-refractivity contribution in [2.45, 2.75) is 56.0 Å². The van der Waals surface area contributed by atoms with Crippen molar-refractivity contribution in [3.63, 3.8) is 0 Å². The van der Waals surface area contributed by atoms with Gasteiger partial charge in [-0.25, -0.2) is 4.98 Å². The van der Waals surface area contributed by atoms with E-state index >= 15 is 0 Å². The van der Waals surface area contributed by atoms with Gasteiger partial charge in [0.15, 0.2) is 16.7 Å². The fraction of sp³-hybridized carbons (Fsp3) is 0.458. The molecule has 0 fully saturated rings. The average Bonchev–Trinajstić information content (AvgIpc) is 2.82. The number of methoxy groups -OCH3 is 2. The maximum Gasteiger partial charge on any atom is 0.262 e. The maximum absolute atomic E-state index is 13.5. The number of ether oxygens (including phenoxy) is 2. The first kappa shape index (κ1) is 23.9. The molecule has 1 amide bonds. The number of amides is 1. The van der Waals surface area contributed by atoms with Crippen molar-refractivity contribution in [1.82, 2.24) is 14.9 Å². The molecule has 0 saturated carbocycles. The Kier molecular flexibility index (Phi) is 8.39. The van der Waals surface area contributed by atoms with Gasteiger partial charge in [-0.05, 0) is 45.1 Å². The SMILES string of the molecule is C=CCNC(=O)[C@@H](C)Sc1nc2cc(OC)c(OC)cc2c(=O)n1CCC1=CCCCC1. The highest BCUT2D eigenvalue weighted by molar-refractivity contribution is 8.00. The summed E-state index contributed by atoms with van der Waals surface area (Å²) in [6.45, 7) is 6.35. The van der Waals surface area contributed by atoms with Gasteiger partial charge in [0.05, 0.1) is 30.4 Å². The van der Waals surface area contributed by atoms with E-state index in [2.05, 4.69) is 18.0 Å². The molecule has 1 aliphatic carbocycles. The van der Waals surface area contributed by atoms with E-state index in [9.17, 15) is 9.59 Å². The molecule has 1 N–H and O–H groups in total. The number of nitrogens with zero attached hydrogens (tertiary/aromatic N) is 2. The molecule has 0 spiro atoms. The summed E-state index contributed by atoms with van der Waals surface area (Å²) in [6.07, 6.45) is 9.30. The van der Waals surface area contributed by atoms with Gasteiger partial charge >= 0.3 is 0 Å². The van der Waals surface area contributed by atoms with E-state index in [4.69, 9.17) is 14.5 Å². The van der Waals surface area contributed by atoms with Gasteiger partial charge in [0.2, 0.25) is 5.91 Å². The van der Waals surface area contributed by atoms with Gasteiger partial charge in [-0.2, -0.15) is 0 Å². The molecule has 0 saturated heterocycles. The van der Waals surface area contributed by atoms with Crippen molar-refractivity contribution in [2.24, 2.45) is 0 Å². The average molecular weight is 458 g/mol. The molecule has 0 bridgehead atoms. The van der Waals surface area contributed by atoms with Crippen molar-refractivity contribution in [1.29, 1.82) is 0 Å². The number of thioether (sulfide) groups is 1. The van der Waals surface area contributed by atoms with Crippen LogP contribution < -0.4 is 20.3 Å². The molecule has 8 heteroatoms. The summed E-state index contributed by atoms with van der Waals surface area (Å²) in [6, 6.07) is 3.38. The Morgan fingerprint density at radius 1 is 1.31 bits per heavy atom. The van der Waals surface area contributed by atoms with Crippen molar-refractivity contribution in [3.05, 3.63) is 46.8 Å². The number of nitrogens with one attached hydrogen (secondary N) is 1. The first-order chi connectivity index (χ1) is 15.5. The summed E-state index contributed by atoms with van der Waals surface area (Å²) in [4.78, 5) is 30.7. The van der Waals surface area contributed by atoms with Gasteiger partial charge in [0.1, 0.15) is 0 Å². The molecular weight excluding hydrogens is 426 g/mol. The number of hydrogen-bond acceptors (Lipinski definition) is 6. The number of carbonyl (C=O) groups excluding carboxylic acids is 1. The van der Waals surface area contributed by atoms with Crippen LogP contribution in [0, 0.1) is 0 Å². The molecule has 0 radical (unpaired) electrons. The van der Waals surface area contributed by atoms with E-state index in [0.29, 0.717) is 40.6 Å². The number of aromatic nitrogens is 2. The number of benzene rings is 1. The molecule has 1 aromatic heterocycles. The Labute approximate surface area is 192 Å². The van der Waals surface area contributed by atoms with Gasteiger partial charge in [-0.15, -0.1) is 6.58 Å². The zero-order chi connectivity index (χ0) is 23.1. The highest BCUT2D eigenvalue weighted by atomic mass is 32.2. The third kappa shape index (κ3) is 5.54. The summed E-state index contributed by atoms with van der Waals surface area (Å²) in [5, 5.41) is 3.37. The third-order valence-electron chi connectivity index (χ3n) is 5.54. The molecular formula is C24H31N3O4S. The summed E-state index contributed by atoms with van der Waals surface area (Å²) in [5.74, 6) is 0.862. The Balaban J connectivity index is 2.02. The quantitative estimate of drug-likeness (QED) is 0.329. The lowest BCUT2D eigenvalue weighted by atomic mass is 9.97. The summed E-state index contributed by atoms with van der Waals surface area (Å²) in [5.41, 5.74) is 1.75. The van der Waals surface area contributed by atoms with Crippen molar-refractivity contribution < 1.29 is 14.3 Å². The molecule has 1 atom stereocenters. The molecule has 1 heterocycles. The molecule has 3 rings (SSSR count). The van der Waals surface area contributed by atoms with Crippen LogP contribution in [0.4, 0.5) is 0 Å². The van der Waals surface area contributed by atoms with Crippen LogP contribution in [-0.4, -0.2) is 41.5 Å². The van der Waals surface area contributed by atoms with Gasteiger partial charge in [0, 0.05) is 19.2 Å². The van der Waals surface area contributed by atoms with Crippen LogP contribution in [-0.2, 0) is 11.3 Å². The summed E-state index contributed by atoms with van der Waals surface area (Å²) in [7, 11) is 3.09. The predicted octanol–water partition coefficient (Wildman–Crippen LogP) is 4.09. The highest BCUT2D eigenvalue weighted by Crippen LogP contribution is 2.32. The largest absolute Gasteiger partial charge is 0.493 e. The topological polar surface area (TPSA) is 82.5 Å². The molecule has 7 nitrogen and oxygen atoms in total. The lowest BCUT2D eigenvalue weighted by Gasteiger charge is -2.18. The van der Waals surface area contributed by atoms with E-state index in [1.54, 1.807) is 37.0 Å². The summed E-state index contributed by atoms with van der Waals surface area (Å²) < 4.78 is 12.5. The molecule has 0 aliphatic heterocycles. The smallest absolute Gasteiger partial charge is 0.262 e. The van der Waals surface area contributed by atoms with E-state index in [1.165, 1.54) is 30.2 Å². The lowest BCUT2D eigenvalue weighted by Crippen LogP contribution is -2.32. The van der Waals surface area contributed by atoms with Gasteiger partial charge in [-0.1, -0.05) is 29.5 Å². The van der Waals surface area contributed by atoms with Gasteiger partial charge in [0.25, 0.3) is 5.56 Å². The van der Waals surface area contributed by atoms with Crippen LogP contribution in [0.25, 0.3) is 10.9 Å². The minimum atomic E-state index is -0.417. The number of rotatable bonds is 10. The Hall–Kier alpha value is -2.74. The maximum atomic E-state index is 13.5. The monoisotopic (exact) mass is 457 g/mol. The second kappa shape index (κ2) is 11.2. The van der Waals surface area contributed by atoms with Crippen molar-refractivity contribution in [3.8, 4) is 11.5 Å². The summed E-state index contributed by atoms with van der Waals surface area (Å²) >= 11 is 1.28. The van der Waals surface area contributed by atoms with E-state index in [0.717, 1.165) is 19.3 Å².